The first-order chi connectivity index (χ1) is 9.28. The molecule has 0 aromatic heterocycles. The third-order valence-corrected chi connectivity index (χ3v) is 3.37. The fourth-order valence-electron chi connectivity index (χ4n) is 2.14. The number of ketones is 1. The number of carbonyl (C=O) groups excluding carboxylic acids is 1. The highest BCUT2D eigenvalue weighted by Crippen LogP contribution is 2.28. The average molecular weight is 298 g/mol. The van der Waals surface area contributed by atoms with E-state index in [9.17, 15) is 9.90 Å². The Morgan fingerprint density at radius 1 is 1.40 bits per heavy atom. The second-order valence-electron chi connectivity index (χ2n) is 5.97. The molecule has 0 amide bonds. The zero-order valence-electron chi connectivity index (χ0n) is 12.7. The van der Waals surface area contributed by atoms with Crippen molar-refractivity contribution in [1.29, 1.82) is 0 Å². The molecule has 1 aromatic rings. The lowest BCUT2D eigenvalue weighted by molar-refractivity contribution is 0.0988. The Bertz CT molecular complexity index is 466. The van der Waals surface area contributed by atoms with Crippen molar-refractivity contribution in [2.24, 2.45) is 0 Å². The van der Waals surface area contributed by atoms with Gasteiger partial charge in [-0.05, 0) is 38.8 Å². The predicted octanol–water partition coefficient (Wildman–Crippen LogP) is 3.74. The molecule has 0 spiro atoms. The van der Waals surface area contributed by atoms with Gasteiger partial charge in [0.2, 0.25) is 0 Å². The van der Waals surface area contributed by atoms with Gasteiger partial charge in [0.05, 0.1) is 0 Å². The maximum atomic E-state index is 11.7. The zero-order chi connectivity index (χ0) is 15.3. The Morgan fingerprint density at radius 3 is 2.50 bits per heavy atom. The van der Waals surface area contributed by atoms with E-state index in [1.165, 1.54) is 0 Å². The van der Waals surface area contributed by atoms with Gasteiger partial charge < -0.3 is 10.4 Å². The molecule has 0 fully saturated rings. The zero-order valence-corrected chi connectivity index (χ0v) is 13.4. The summed E-state index contributed by atoms with van der Waals surface area (Å²) in [5.74, 6) is 0.0842. The molecule has 1 rings (SSSR count). The lowest BCUT2D eigenvalue weighted by Gasteiger charge is -2.29. The van der Waals surface area contributed by atoms with Crippen LogP contribution in [0.25, 0.3) is 0 Å². The molecule has 1 atom stereocenters. The van der Waals surface area contributed by atoms with Crippen molar-refractivity contribution in [3.8, 4) is 0 Å². The van der Waals surface area contributed by atoms with Gasteiger partial charge >= 0.3 is 0 Å². The monoisotopic (exact) mass is 297 g/mol. The normalized spacial score (nSPS) is 13.3. The van der Waals surface area contributed by atoms with Crippen LogP contribution in [-0.2, 0) is 0 Å². The maximum absolute atomic E-state index is 11.7. The van der Waals surface area contributed by atoms with E-state index in [-0.39, 0.29) is 24.0 Å². The largest absolute Gasteiger partial charge is 0.396 e. The van der Waals surface area contributed by atoms with Crippen LogP contribution in [0.15, 0.2) is 18.2 Å². The minimum Gasteiger partial charge on any atom is -0.396 e. The molecule has 0 radical (unpaired) electrons. The summed E-state index contributed by atoms with van der Waals surface area (Å²) in [6.45, 7) is 8.13. The van der Waals surface area contributed by atoms with E-state index in [2.05, 4.69) is 26.1 Å². The molecule has 20 heavy (non-hydrogen) atoms. The third-order valence-electron chi connectivity index (χ3n) is 3.04. The van der Waals surface area contributed by atoms with Crippen LogP contribution < -0.4 is 5.32 Å². The van der Waals surface area contributed by atoms with Crippen molar-refractivity contribution in [3.63, 3.8) is 0 Å². The minimum atomic E-state index is -0.0823. The maximum Gasteiger partial charge on any atom is 0.162 e. The molecule has 0 aliphatic carbocycles. The van der Waals surface area contributed by atoms with Crippen LogP contribution in [-0.4, -0.2) is 23.0 Å². The van der Waals surface area contributed by atoms with Gasteiger partial charge in [0, 0.05) is 35.2 Å². The van der Waals surface area contributed by atoms with Gasteiger partial charge in [-0.2, -0.15) is 0 Å². The first-order valence-corrected chi connectivity index (χ1v) is 7.37. The molecule has 0 saturated heterocycles. The van der Waals surface area contributed by atoms with Crippen LogP contribution in [0.1, 0.15) is 62.5 Å². The average Bonchev–Trinajstić information content (AvgIpc) is 2.35. The number of benzene rings is 1. The van der Waals surface area contributed by atoms with Crippen LogP contribution in [0.5, 0.6) is 0 Å². The van der Waals surface area contributed by atoms with E-state index in [1.54, 1.807) is 6.07 Å². The smallest absolute Gasteiger partial charge is 0.162 e. The van der Waals surface area contributed by atoms with Gasteiger partial charge in [-0.25, -0.2) is 0 Å². The lowest BCUT2D eigenvalue weighted by atomic mass is 9.97. The summed E-state index contributed by atoms with van der Waals surface area (Å²) in [7, 11) is 0. The molecule has 4 heteroatoms. The van der Waals surface area contributed by atoms with Crippen LogP contribution in [0.3, 0.4) is 0 Å². The SMILES string of the molecule is CCC(=O)c1ccc(C(CCO)NC(C)(C)C)c(Cl)c1. The van der Waals surface area contributed by atoms with Crippen molar-refractivity contribution in [3.05, 3.63) is 34.3 Å². The number of hydrogen-bond donors (Lipinski definition) is 2. The fraction of sp³-hybridized carbons (Fsp3) is 0.562. The summed E-state index contributed by atoms with van der Waals surface area (Å²) in [6, 6.07) is 5.38. The Hall–Kier alpha value is -0.900. The highest BCUT2D eigenvalue weighted by molar-refractivity contribution is 6.31. The van der Waals surface area contributed by atoms with E-state index in [1.807, 2.05) is 19.1 Å². The number of carbonyl (C=O) groups is 1. The fourth-order valence-corrected chi connectivity index (χ4v) is 2.46. The second-order valence-corrected chi connectivity index (χ2v) is 6.38. The number of hydrogen-bond acceptors (Lipinski definition) is 3. The van der Waals surface area contributed by atoms with Crippen LogP contribution in [0.4, 0.5) is 0 Å². The number of aliphatic hydroxyl groups excluding tert-OH is 1. The first kappa shape index (κ1) is 17.2. The topological polar surface area (TPSA) is 49.3 Å². The van der Waals surface area contributed by atoms with Crippen molar-refractivity contribution in [2.75, 3.05) is 6.61 Å². The number of rotatable bonds is 6. The standard InChI is InChI=1S/C16H24ClNO2/c1-5-15(20)11-6-7-12(13(17)10-11)14(8-9-19)18-16(2,3)4/h6-7,10,14,18-19H,5,8-9H2,1-4H3. The number of Topliss-reactive ketones (excluding diaryl/α,β-unsaturated/α-hetero) is 1. The molecule has 0 aliphatic heterocycles. The van der Waals surface area contributed by atoms with Gasteiger partial charge in [-0.15, -0.1) is 0 Å². The van der Waals surface area contributed by atoms with Crippen LogP contribution in [0.2, 0.25) is 5.02 Å². The van der Waals surface area contributed by atoms with Crippen LogP contribution in [0, 0.1) is 0 Å². The molecule has 1 unspecified atom stereocenters. The molecule has 112 valence electrons. The summed E-state index contributed by atoms with van der Waals surface area (Å²) in [6.07, 6.45) is 1.05. The molecule has 3 nitrogen and oxygen atoms in total. The van der Waals surface area contributed by atoms with Crippen molar-refractivity contribution >= 4 is 17.4 Å². The van der Waals surface area contributed by atoms with E-state index in [0.717, 1.165) is 5.56 Å². The summed E-state index contributed by atoms with van der Waals surface area (Å²) in [5.41, 5.74) is 1.48. The van der Waals surface area contributed by atoms with Gasteiger partial charge in [0.1, 0.15) is 0 Å². The van der Waals surface area contributed by atoms with Crippen molar-refractivity contribution in [1.82, 2.24) is 5.32 Å². The Balaban J connectivity index is 3.05. The van der Waals surface area contributed by atoms with Gasteiger partial charge in [0.25, 0.3) is 0 Å². The summed E-state index contributed by atoms with van der Waals surface area (Å²) < 4.78 is 0. The minimum absolute atomic E-state index is 0.0294. The van der Waals surface area contributed by atoms with Crippen molar-refractivity contribution < 1.29 is 9.90 Å². The predicted molar refractivity (Wildman–Crippen MR) is 83.4 cm³/mol. The molecule has 2 N–H and O–H groups in total. The summed E-state index contributed by atoms with van der Waals surface area (Å²) >= 11 is 6.32. The molecule has 1 aromatic carbocycles. The van der Waals surface area contributed by atoms with E-state index < -0.39 is 0 Å². The van der Waals surface area contributed by atoms with Gasteiger partial charge in [-0.1, -0.05) is 30.7 Å². The summed E-state index contributed by atoms with van der Waals surface area (Å²) in [4.78, 5) is 11.7. The molecule has 0 heterocycles. The highest BCUT2D eigenvalue weighted by atomic mass is 35.5. The molecule has 0 saturated carbocycles. The second kappa shape index (κ2) is 7.21. The third kappa shape index (κ3) is 4.89. The van der Waals surface area contributed by atoms with E-state index in [0.29, 0.717) is 23.4 Å². The Labute approximate surface area is 126 Å². The number of nitrogens with one attached hydrogen (secondary N) is 1. The quantitative estimate of drug-likeness (QED) is 0.786. The number of aliphatic hydroxyl groups is 1. The van der Waals surface area contributed by atoms with Gasteiger partial charge in [0.15, 0.2) is 5.78 Å². The summed E-state index contributed by atoms with van der Waals surface area (Å²) in [5, 5.41) is 13.2. The number of halogens is 1. The lowest BCUT2D eigenvalue weighted by Crippen LogP contribution is -2.39. The van der Waals surface area contributed by atoms with E-state index >= 15 is 0 Å². The Kier molecular flexibility index (Phi) is 6.18. The highest BCUT2D eigenvalue weighted by Gasteiger charge is 2.21. The molecular formula is C16H24ClNO2. The molecule has 0 aliphatic rings. The molecular weight excluding hydrogens is 274 g/mol. The van der Waals surface area contributed by atoms with Crippen LogP contribution >= 0.6 is 11.6 Å². The van der Waals surface area contributed by atoms with E-state index in [4.69, 9.17) is 11.6 Å². The van der Waals surface area contributed by atoms with Crippen molar-refractivity contribution in [2.45, 2.75) is 52.1 Å². The molecule has 0 bridgehead atoms. The first-order valence-electron chi connectivity index (χ1n) is 6.99. The Morgan fingerprint density at radius 2 is 2.05 bits per heavy atom. The van der Waals surface area contributed by atoms with Gasteiger partial charge in [-0.3, -0.25) is 4.79 Å².